The van der Waals surface area contributed by atoms with E-state index in [2.05, 4.69) is 5.32 Å². The summed E-state index contributed by atoms with van der Waals surface area (Å²) in [5.74, 6) is -0.358. The second-order valence-electron chi connectivity index (χ2n) is 6.17. The summed E-state index contributed by atoms with van der Waals surface area (Å²) in [6.07, 6.45) is -3.99. The van der Waals surface area contributed by atoms with Crippen molar-refractivity contribution in [3.05, 3.63) is 59.7 Å². The van der Waals surface area contributed by atoms with E-state index in [1.807, 2.05) is 0 Å². The van der Waals surface area contributed by atoms with Crippen molar-refractivity contribution in [2.45, 2.75) is 22.7 Å². The van der Waals surface area contributed by atoms with Crippen LogP contribution in [0.4, 0.5) is 18.9 Å². The number of hydrogen-bond donors (Lipinski definition) is 1. The lowest BCUT2D eigenvalue weighted by Gasteiger charge is -2.13. The lowest BCUT2D eigenvalue weighted by molar-refractivity contribution is -0.137. The van der Waals surface area contributed by atoms with Crippen LogP contribution in [0, 0.1) is 0 Å². The molecule has 2 aromatic carbocycles. The molecule has 0 spiro atoms. The van der Waals surface area contributed by atoms with Gasteiger partial charge < -0.3 is 5.32 Å². The summed E-state index contributed by atoms with van der Waals surface area (Å²) in [4.78, 5) is 13.2. The summed E-state index contributed by atoms with van der Waals surface area (Å²) < 4.78 is 61.7. The van der Waals surface area contributed by atoms with Crippen LogP contribution in [0.3, 0.4) is 0 Å². The van der Waals surface area contributed by atoms with Crippen molar-refractivity contribution in [1.29, 1.82) is 0 Å². The van der Waals surface area contributed by atoms with Gasteiger partial charge in [-0.1, -0.05) is 18.2 Å². The van der Waals surface area contributed by atoms with Crippen molar-refractivity contribution >= 4 is 33.2 Å². The Balaban J connectivity index is 1.78. The van der Waals surface area contributed by atoms with Crippen molar-refractivity contribution in [1.82, 2.24) is 0 Å². The molecular weight excluding hydrogens is 399 g/mol. The Kier molecular flexibility index (Phi) is 5.53. The highest BCUT2D eigenvalue weighted by molar-refractivity contribution is 8.02. The van der Waals surface area contributed by atoms with E-state index in [-0.39, 0.29) is 22.4 Å². The first-order chi connectivity index (χ1) is 12.6. The molecular formula is C18H16F3NO3S2. The monoisotopic (exact) mass is 415 g/mol. The van der Waals surface area contributed by atoms with E-state index in [0.29, 0.717) is 16.9 Å². The lowest BCUT2D eigenvalue weighted by atomic mass is 10.1. The normalized spacial score (nSPS) is 19.0. The molecule has 0 bridgehead atoms. The largest absolute Gasteiger partial charge is 0.416 e. The first kappa shape index (κ1) is 19.8. The number of thioether (sulfide) groups is 1. The van der Waals surface area contributed by atoms with Gasteiger partial charge in [0.05, 0.1) is 22.6 Å². The van der Waals surface area contributed by atoms with E-state index in [9.17, 15) is 26.4 Å². The number of amides is 1. The topological polar surface area (TPSA) is 63.2 Å². The maximum atomic E-state index is 12.8. The second kappa shape index (κ2) is 7.55. The SMILES string of the molecule is O=C(Nc1cccc(C(F)(F)F)c1)c1ccccc1S[C@@H]1CCS(=O)(=O)C1. The number of halogens is 3. The maximum Gasteiger partial charge on any atom is 0.416 e. The molecule has 0 unspecified atom stereocenters. The molecule has 1 aliphatic heterocycles. The first-order valence-corrected chi connectivity index (χ1v) is 10.8. The van der Waals surface area contributed by atoms with Crippen LogP contribution in [0.5, 0.6) is 0 Å². The van der Waals surface area contributed by atoms with E-state index in [1.165, 1.54) is 23.9 Å². The number of sulfone groups is 1. The van der Waals surface area contributed by atoms with Crippen LogP contribution in [0.1, 0.15) is 22.3 Å². The Morgan fingerprint density at radius 1 is 1.11 bits per heavy atom. The van der Waals surface area contributed by atoms with Gasteiger partial charge in [-0.2, -0.15) is 13.2 Å². The molecule has 27 heavy (non-hydrogen) atoms. The molecule has 1 atom stereocenters. The molecule has 4 nitrogen and oxygen atoms in total. The van der Waals surface area contributed by atoms with Gasteiger partial charge in [-0.3, -0.25) is 4.79 Å². The number of carbonyl (C=O) groups is 1. The van der Waals surface area contributed by atoms with Crippen LogP contribution in [0.25, 0.3) is 0 Å². The molecule has 0 radical (unpaired) electrons. The fraction of sp³-hybridized carbons (Fsp3) is 0.278. The van der Waals surface area contributed by atoms with Gasteiger partial charge >= 0.3 is 6.18 Å². The number of alkyl halides is 3. The van der Waals surface area contributed by atoms with Crippen LogP contribution in [-0.2, 0) is 16.0 Å². The number of hydrogen-bond acceptors (Lipinski definition) is 4. The zero-order valence-corrected chi connectivity index (χ0v) is 15.6. The smallest absolute Gasteiger partial charge is 0.322 e. The zero-order valence-electron chi connectivity index (χ0n) is 14.0. The third-order valence-corrected chi connectivity index (χ3v) is 7.39. The molecule has 9 heteroatoms. The number of rotatable bonds is 4. The molecule has 1 N–H and O–H groups in total. The van der Waals surface area contributed by atoms with Crippen LogP contribution in [0.2, 0.25) is 0 Å². The predicted octanol–water partition coefficient (Wildman–Crippen LogP) is 4.24. The number of anilines is 1. The van der Waals surface area contributed by atoms with E-state index >= 15 is 0 Å². The number of benzene rings is 2. The van der Waals surface area contributed by atoms with Crippen molar-refractivity contribution in [2.24, 2.45) is 0 Å². The van der Waals surface area contributed by atoms with E-state index < -0.39 is 27.5 Å². The molecule has 0 aromatic heterocycles. The third-order valence-electron chi connectivity index (χ3n) is 4.06. The quantitative estimate of drug-likeness (QED) is 0.812. The van der Waals surface area contributed by atoms with E-state index in [0.717, 1.165) is 12.1 Å². The van der Waals surface area contributed by atoms with Crippen molar-refractivity contribution in [3.8, 4) is 0 Å². The summed E-state index contributed by atoms with van der Waals surface area (Å²) in [5, 5.41) is 2.34. The highest BCUT2D eigenvalue weighted by Crippen LogP contribution is 2.34. The Morgan fingerprint density at radius 3 is 2.52 bits per heavy atom. The molecule has 1 saturated heterocycles. The molecule has 0 saturated carbocycles. The first-order valence-electron chi connectivity index (χ1n) is 8.09. The van der Waals surface area contributed by atoms with Gasteiger partial charge in [-0.15, -0.1) is 11.8 Å². The Bertz CT molecular complexity index is 958. The van der Waals surface area contributed by atoms with Crippen LogP contribution in [0.15, 0.2) is 53.4 Å². The molecule has 0 aliphatic carbocycles. The average molecular weight is 415 g/mol. The number of carbonyl (C=O) groups excluding carboxylic acids is 1. The summed E-state index contributed by atoms with van der Waals surface area (Å²) in [6, 6.07) is 11.1. The molecule has 1 fully saturated rings. The fourth-order valence-electron chi connectivity index (χ4n) is 2.76. The Hall–Kier alpha value is -2.00. The van der Waals surface area contributed by atoms with Crippen molar-refractivity contribution < 1.29 is 26.4 Å². The van der Waals surface area contributed by atoms with Gasteiger partial charge in [0.25, 0.3) is 5.91 Å². The van der Waals surface area contributed by atoms with Gasteiger partial charge in [0.15, 0.2) is 9.84 Å². The third kappa shape index (κ3) is 5.04. The molecule has 1 amide bonds. The van der Waals surface area contributed by atoms with Crippen molar-refractivity contribution in [2.75, 3.05) is 16.8 Å². The Labute approximate surface area is 159 Å². The minimum atomic E-state index is -4.50. The van der Waals surface area contributed by atoms with E-state index in [1.54, 1.807) is 24.3 Å². The van der Waals surface area contributed by atoms with Gasteiger partial charge in [0.1, 0.15) is 0 Å². The molecule has 1 aliphatic rings. The van der Waals surface area contributed by atoms with E-state index in [4.69, 9.17) is 0 Å². The van der Waals surface area contributed by atoms with Crippen LogP contribution < -0.4 is 5.32 Å². The van der Waals surface area contributed by atoms with Gasteiger partial charge in [-0.25, -0.2) is 8.42 Å². The van der Waals surface area contributed by atoms with Crippen LogP contribution >= 0.6 is 11.8 Å². The zero-order chi connectivity index (χ0) is 19.7. The summed E-state index contributed by atoms with van der Waals surface area (Å²) in [7, 11) is -3.04. The molecule has 144 valence electrons. The maximum absolute atomic E-state index is 12.8. The summed E-state index contributed by atoms with van der Waals surface area (Å²) in [5.41, 5.74) is -0.513. The van der Waals surface area contributed by atoms with Crippen LogP contribution in [-0.4, -0.2) is 31.1 Å². The lowest BCUT2D eigenvalue weighted by Crippen LogP contribution is -2.15. The minimum absolute atomic E-state index is 0.0399. The Morgan fingerprint density at radius 2 is 1.85 bits per heavy atom. The molecule has 1 heterocycles. The van der Waals surface area contributed by atoms with Crippen molar-refractivity contribution in [3.63, 3.8) is 0 Å². The second-order valence-corrected chi connectivity index (χ2v) is 9.74. The summed E-state index contributed by atoms with van der Waals surface area (Å²) in [6.45, 7) is 0. The summed E-state index contributed by atoms with van der Waals surface area (Å²) >= 11 is 1.31. The highest BCUT2D eigenvalue weighted by atomic mass is 32.2. The molecule has 2 aromatic rings. The average Bonchev–Trinajstić information content (AvgIpc) is 2.93. The van der Waals surface area contributed by atoms with Gasteiger partial charge in [-0.05, 0) is 36.8 Å². The molecule has 3 rings (SSSR count). The standard InChI is InChI=1S/C18H16F3NO3S2/c19-18(20,21)12-4-3-5-13(10-12)22-17(23)15-6-1-2-7-16(15)26-14-8-9-27(24,25)11-14/h1-7,10,14H,8-9,11H2,(H,22,23)/t14-/m1/s1. The van der Waals surface area contributed by atoms with Gasteiger partial charge in [0, 0.05) is 15.8 Å². The fourth-order valence-corrected chi connectivity index (χ4v) is 6.39. The predicted molar refractivity (Wildman–Crippen MR) is 98.8 cm³/mol. The van der Waals surface area contributed by atoms with Gasteiger partial charge in [0.2, 0.25) is 0 Å². The number of nitrogens with one attached hydrogen (secondary N) is 1. The highest BCUT2D eigenvalue weighted by Gasteiger charge is 2.31. The minimum Gasteiger partial charge on any atom is -0.322 e.